The van der Waals surface area contributed by atoms with Gasteiger partial charge >= 0.3 is 6.09 Å². The summed E-state index contributed by atoms with van der Waals surface area (Å²) >= 11 is 0. The van der Waals surface area contributed by atoms with Crippen LogP contribution in [-0.4, -0.2) is 29.2 Å². The van der Waals surface area contributed by atoms with Gasteiger partial charge in [-0.15, -0.1) is 0 Å². The van der Waals surface area contributed by atoms with Gasteiger partial charge in [-0.05, 0) is 27.7 Å². The Balaban J connectivity index is 2.47. The van der Waals surface area contributed by atoms with Crippen LogP contribution >= 0.6 is 0 Å². The van der Waals surface area contributed by atoms with Gasteiger partial charge in [-0.2, -0.15) is 5.26 Å². The standard InChI is InChI=1S/C10H16N2O2/c1-7-8(5-11)6-12(7)9(13)14-10(2,3)4/h7-8H,6H2,1-4H3/t7-,8?/m1/s1. The van der Waals surface area contributed by atoms with Crippen molar-refractivity contribution in [3.63, 3.8) is 0 Å². The third-order valence-corrected chi connectivity index (χ3v) is 2.26. The van der Waals surface area contributed by atoms with Crippen molar-refractivity contribution in [2.75, 3.05) is 6.54 Å². The molecular formula is C10H16N2O2. The molecule has 0 bridgehead atoms. The van der Waals surface area contributed by atoms with Gasteiger partial charge < -0.3 is 9.64 Å². The second-order valence-corrected chi connectivity index (χ2v) is 4.61. The molecule has 1 unspecified atom stereocenters. The molecule has 0 radical (unpaired) electrons. The fourth-order valence-corrected chi connectivity index (χ4v) is 1.32. The number of carbonyl (C=O) groups is 1. The van der Waals surface area contributed by atoms with Crippen LogP contribution in [0.5, 0.6) is 0 Å². The molecule has 1 rings (SSSR count). The van der Waals surface area contributed by atoms with Gasteiger partial charge in [0.1, 0.15) is 5.60 Å². The number of amides is 1. The lowest BCUT2D eigenvalue weighted by molar-refractivity contribution is -0.0139. The van der Waals surface area contributed by atoms with Crippen molar-refractivity contribution in [3.05, 3.63) is 0 Å². The lowest BCUT2D eigenvalue weighted by atomic mass is 9.92. The number of ether oxygens (including phenoxy) is 1. The largest absolute Gasteiger partial charge is 0.444 e. The quantitative estimate of drug-likeness (QED) is 0.593. The third kappa shape index (κ3) is 2.16. The van der Waals surface area contributed by atoms with Gasteiger partial charge in [-0.3, -0.25) is 0 Å². The summed E-state index contributed by atoms with van der Waals surface area (Å²) < 4.78 is 5.18. The molecule has 4 heteroatoms. The number of carbonyl (C=O) groups excluding carboxylic acids is 1. The normalized spacial score (nSPS) is 26.4. The van der Waals surface area contributed by atoms with E-state index in [1.54, 1.807) is 4.90 Å². The fourth-order valence-electron chi connectivity index (χ4n) is 1.32. The van der Waals surface area contributed by atoms with E-state index in [1.165, 1.54) is 0 Å². The Morgan fingerprint density at radius 1 is 1.57 bits per heavy atom. The van der Waals surface area contributed by atoms with Crippen LogP contribution in [0.4, 0.5) is 4.79 Å². The van der Waals surface area contributed by atoms with Gasteiger partial charge in [-0.1, -0.05) is 0 Å². The monoisotopic (exact) mass is 196 g/mol. The Morgan fingerprint density at radius 3 is 2.50 bits per heavy atom. The lowest BCUT2D eigenvalue weighted by Crippen LogP contribution is -2.57. The predicted molar refractivity (Wildman–Crippen MR) is 51.5 cm³/mol. The highest BCUT2D eigenvalue weighted by atomic mass is 16.6. The smallest absolute Gasteiger partial charge is 0.410 e. The second kappa shape index (κ2) is 3.49. The zero-order valence-electron chi connectivity index (χ0n) is 9.07. The van der Waals surface area contributed by atoms with Gasteiger partial charge in [-0.25, -0.2) is 4.79 Å². The molecule has 1 aliphatic heterocycles. The highest BCUT2D eigenvalue weighted by molar-refractivity contribution is 5.70. The number of hydrogen-bond acceptors (Lipinski definition) is 3. The van der Waals surface area contributed by atoms with Gasteiger partial charge in [0.2, 0.25) is 0 Å². The van der Waals surface area contributed by atoms with Crippen LogP contribution in [0.2, 0.25) is 0 Å². The van der Waals surface area contributed by atoms with Crippen LogP contribution in [-0.2, 0) is 4.74 Å². The SMILES string of the molecule is C[C@@H]1C(C#N)CN1C(=O)OC(C)(C)C. The van der Waals surface area contributed by atoms with Gasteiger partial charge in [0.15, 0.2) is 0 Å². The zero-order chi connectivity index (χ0) is 10.9. The summed E-state index contributed by atoms with van der Waals surface area (Å²) in [7, 11) is 0. The molecule has 78 valence electrons. The van der Waals surface area contributed by atoms with E-state index in [4.69, 9.17) is 10.00 Å². The Labute approximate surface area is 84.4 Å². The second-order valence-electron chi connectivity index (χ2n) is 4.61. The van der Waals surface area contributed by atoms with E-state index in [-0.39, 0.29) is 18.1 Å². The van der Waals surface area contributed by atoms with Crippen molar-refractivity contribution in [1.82, 2.24) is 4.90 Å². The number of likely N-dealkylation sites (tertiary alicyclic amines) is 1. The summed E-state index contributed by atoms with van der Waals surface area (Å²) in [6.07, 6.45) is -0.323. The number of nitriles is 1. The summed E-state index contributed by atoms with van der Waals surface area (Å²) in [6.45, 7) is 7.85. The Hall–Kier alpha value is -1.24. The molecule has 1 amide bonds. The molecule has 1 saturated heterocycles. The van der Waals surface area contributed by atoms with Crippen LogP contribution < -0.4 is 0 Å². The zero-order valence-corrected chi connectivity index (χ0v) is 9.07. The molecule has 1 fully saturated rings. The number of nitrogens with zero attached hydrogens (tertiary/aromatic N) is 2. The summed E-state index contributed by atoms with van der Waals surface area (Å²) in [6, 6.07) is 2.13. The number of hydrogen-bond donors (Lipinski definition) is 0. The average molecular weight is 196 g/mol. The molecule has 4 nitrogen and oxygen atoms in total. The maximum Gasteiger partial charge on any atom is 0.410 e. The maximum atomic E-state index is 11.5. The first-order valence-corrected chi connectivity index (χ1v) is 4.74. The van der Waals surface area contributed by atoms with Crippen molar-refractivity contribution in [2.24, 2.45) is 5.92 Å². The molecule has 0 aliphatic carbocycles. The first-order valence-electron chi connectivity index (χ1n) is 4.74. The maximum absolute atomic E-state index is 11.5. The Bertz CT molecular complexity index is 275. The average Bonchev–Trinajstić information content (AvgIpc) is 1.99. The van der Waals surface area contributed by atoms with Crippen LogP contribution in [0.3, 0.4) is 0 Å². The summed E-state index contributed by atoms with van der Waals surface area (Å²) in [5.41, 5.74) is -0.464. The van der Waals surface area contributed by atoms with Crippen LogP contribution in [0.15, 0.2) is 0 Å². The topological polar surface area (TPSA) is 53.3 Å². The minimum Gasteiger partial charge on any atom is -0.444 e. The van der Waals surface area contributed by atoms with E-state index in [0.29, 0.717) is 6.54 Å². The summed E-state index contributed by atoms with van der Waals surface area (Å²) in [5, 5.41) is 8.66. The molecule has 0 aromatic carbocycles. The van der Waals surface area contributed by atoms with Crippen molar-refractivity contribution >= 4 is 6.09 Å². The van der Waals surface area contributed by atoms with E-state index < -0.39 is 5.60 Å². The summed E-state index contributed by atoms with van der Waals surface area (Å²) in [5.74, 6) is -0.0393. The molecule has 1 aliphatic rings. The van der Waals surface area contributed by atoms with E-state index in [2.05, 4.69) is 6.07 Å². The van der Waals surface area contributed by atoms with Gasteiger partial charge in [0.05, 0.1) is 12.0 Å². The van der Waals surface area contributed by atoms with Crippen molar-refractivity contribution in [1.29, 1.82) is 5.26 Å². The van der Waals surface area contributed by atoms with Gasteiger partial charge in [0.25, 0.3) is 0 Å². The highest BCUT2D eigenvalue weighted by Crippen LogP contribution is 2.25. The van der Waals surface area contributed by atoms with E-state index >= 15 is 0 Å². The van der Waals surface area contributed by atoms with Crippen LogP contribution in [0.1, 0.15) is 27.7 Å². The molecule has 0 aromatic heterocycles. The lowest BCUT2D eigenvalue weighted by Gasteiger charge is -2.42. The molecule has 0 saturated carbocycles. The molecule has 14 heavy (non-hydrogen) atoms. The van der Waals surface area contributed by atoms with E-state index in [1.807, 2.05) is 27.7 Å². The minimum atomic E-state index is -0.464. The minimum absolute atomic E-state index is 0.0187. The Kier molecular flexibility index (Phi) is 2.70. The third-order valence-electron chi connectivity index (χ3n) is 2.26. The van der Waals surface area contributed by atoms with Crippen molar-refractivity contribution < 1.29 is 9.53 Å². The van der Waals surface area contributed by atoms with Crippen LogP contribution in [0, 0.1) is 17.2 Å². The first kappa shape index (κ1) is 10.8. The van der Waals surface area contributed by atoms with Crippen LogP contribution in [0.25, 0.3) is 0 Å². The van der Waals surface area contributed by atoms with E-state index in [0.717, 1.165) is 0 Å². The number of rotatable bonds is 0. The van der Waals surface area contributed by atoms with Gasteiger partial charge in [0, 0.05) is 12.6 Å². The first-order chi connectivity index (χ1) is 6.35. The predicted octanol–water partition coefficient (Wildman–Crippen LogP) is 1.77. The molecule has 0 aromatic rings. The highest BCUT2D eigenvalue weighted by Gasteiger charge is 2.40. The van der Waals surface area contributed by atoms with Crippen molar-refractivity contribution in [3.8, 4) is 6.07 Å². The Morgan fingerprint density at radius 2 is 2.14 bits per heavy atom. The fraction of sp³-hybridized carbons (Fsp3) is 0.800. The molecular weight excluding hydrogens is 180 g/mol. The van der Waals surface area contributed by atoms with E-state index in [9.17, 15) is 4.79 Å². The molecule has 2 atom stereocenters. The summed E-state index contributed by atoms with van der Waals surface area (Å²) in [4.78, 5) is 13.1. The molecule has 0 spiro atoms. The molecule has 1 heterocycles. The van der Waals surface area contributed by atoms with Crippen molar-refractivity contribution in [2.45, 2.75) is 39.3 Å². The molecule has 0 N–H and O–H groups in total.